The molecule has 0 bridgehead atoms. The van der Waals surface area contributed by atoms with Crippen LogP contribution in [0.4, 0.5) is 10.7 Å². The molecule has 2 aliphatic heterocycles. The molecule has 24 heavy (non-hydrogen) atoms. The van der Waals surface area contributed by atoms with Crippen LogP contribution in [-0.2, 0) is 11.8 Å². The lowest BCUT2D eigenvalue weighted by Gasteiger charge is -2.44. The van der Waals surface area contributed by atoms with Gasteiger partial charge in [0.05, 0.1) is 5.54 Å². The predicted octanol–water partition coefficient (Wildman–Crippen LogP) is 1.12. The molecule has 1 amide bonds. The van der Waals surface area contributed by atoms with E-state index in [0.29, 0.717) is 11.7 Å². The summed E-state index contributed by atoms with van der Waals surface area (Å²) >= 11 is 0. The number of nitrogens with zero attached hydrogens (tertiary/aromatic N) is 4. The van der Waals surface area contributed by atoms with Crippen molar-refractivity contribution in [2.45, 2.75) is 56.8 Å². The van der Waals surface area contributed by atoms with Gasteiger partial charge in [-0.05, 0) is 32.6 Å². The van der Waals surface area contributed by atoms with Crippen LogP contribution >= 0.6 is 0 Å². The third-order valence-electron chi connectivity index (χ3n) is 5.91. The SMILES string of the molecule is Cn1c(C(O)C2CC2)nnc1N1CCC2(CC1)OC(=O)NC2(C)C. The molecule has 1 aromatic rings. The fourth-order valence-electron chi connectivity index (χ4n) is 3.98. The molecule has 0 radical (unpaired) electrons. The van der Waals surface area contributed by atoms with Crippen LogP contribution in [0.25, 0.3) is 0 Å². The van der Waals surface area contributed by atoms with Crippen molar-refractivity contribution in [1.82, 2.24) is 20.1 Å². The quantitative estimate of drug-likeness (QED) is 0.860. The first-order valence-electron chi connectivity index (χ1n) is 8.66. The summed E-state index contributed by atoms with van der Waals surface area (Å²) in [6.45, 7) is 5.51. The highest BCUT2D eigenvalue weighted by molar-refractivity contribution is 5.72. The number of carbonyl (C=O) groups excluding carboxylic acids is 1. The minimum absolute atomic E-state index is 0.329. The van der Waals surface area contributed by atoms with Gasteiger partial charge in [0.2, 0.25) is 5.95 Å². The number of amides is 1. The van der Waals surface area contributed by atoms with Gasteiger partial charge in [-0.1, -0.05) is 0 Å². The molecule has 0 aromatic carbocycles. The molecule has 1 aliphatic carbocycles. The Labute approximate surface area is 141 Å². The number of piperidine rings is 1. The Morgan fingerprint density at radius 1 is 1.29 bits per heavy atom. The van der Waals surface area contributed by atoms with E-state index in [1.165, 1.54) is 0 Å². The average molecular weight is 335 g/mol. The summed E-state index contributed by atoms with van der Waals surface area (Å²) in [5, 5.41) is 21.7. The maximum Gasteiger partial charge on any atom is 0.408 e. The second kappa shape index (κ2) is 5.08. The lowest BCUT2D eigenvalue weighted by molar-refractivity contribution is -0.00988. The number of nitrogens with one attached hydrogen (secondary N) is 1. The zero-order valence-corrected chi connectivity index (χ0v) is 14.4. The maximum atomic E-state index is 11.7. The zero-order chi connectivity index (χ0) is 17.1. The number of hydrogen-bond donors (Lipinski definition) is 2. The smallest absolute Gasteiger partial charge is 0.408 e. The zero-order valence-electron chi connectivity index (χ0n) is 14.4. The van der Waals surface area contributed by atoms with E-state index in [-0.39, 0.29) is 11.6 Å². The lowest BCUT2D eigenvalue weighted by atomic mass is 9.76. The van der Waals surface area contributed by atoms with Gasteiger partial charge in [-0.25, -0.2) is 4.79 Å². The number of ether oxygens (including phenoxy) is 1. The highest BCUT2D eigenvalue weighted by Crippen LogP contribution is 2.42. The third-order valence-corrected chi connectivity index (χ3v) is 5.91. The first kappa shape index (κ1) is 15.7. The van der Waals surface area contributed by atoms with E-state index < -0.39 is 11.7 Å². The van der Waals surface area contributed by atoms with Crippen molar-refractivity contribution in [1.29, 1.82) is 0 Å². The fraction of sp³-hybridized carbons (Fsp3) is 0.812. The molecule has 8 nitrogen and oxygen atoms in total. The number of aromatic nitrogens is 3. The Hall–Kier alpha value is -1.83. The summed E-state index contributed by atoms with van der Waals surface area (Å²) in [5.74, 6) is 1.74. The van der Waals surface area contributed by atoms with Gasteiger partial charge in [0, 0.05) is 33.0 Å². The molecular weight excluding hydrogens is 310 g/mol. The second-order valence-electron chi connectivity index (χ2n) is 7.82. The molecule has 1 spiro atoms. The van der Waals surface area contributed by atoms with E-state index in [1.54, 1.807) is 0 Å². The molecule has 1 unspecified atom stereocenters. The van der Waals surface area contributed by atoms with Gasteiger partial charge >= 0.3 is 6.09 Å². The average Bonchev–Trinajstić information content (AvgIpc) is 3.25. The third kappa shape index (κ3) is 2.27. The molecule has 3 aliphatic rings. The molecule has 1 atom stereocenters. The highest BCUT2D eigenvalue weighted by Gasteiger charge is 2.56. The van der Waals surface area contributed by atoms with Crippen molar-refractivity contribution >= 4 is 12.0 Å². The van der Waals surface area contributed by atoms with Crippen LogP contribution in [0.5, 0.6) is 0 Å². The lowest BCUT2D eigenvalue weighted by Crippen LogP contribution is -2.58. The van der Waals surface area contributed by atoms with Gasteiger partial charge in [0.25, 0.3) is 0 Å². The summed E-state index contributed by atoms with van der Waals surface area (Å²) in [7, 11) is 1.90. The largest absolute Gasteiger partial charge is 0.440 e. The van der Waals surface area contributed by atoms with Gasteiger partial charge in [-0.3, -0.25) is 4.57 Å². The normalized spacial score (nSPS) is 26.3. The van der Waals surface area contributed by atoms with Crippen LogP contribution in [0.3, 0.4) is 0 Å². The second-order valence-corrected chi connectivity index (χ2v) is 7.82. The van der Waals surface area contributed by atoms with Gasteiger partial charge in [0.1, 0.15) is 11.7 Å². The number of aliphatic hydroxyl groups is 1. The van der Waals surface area contributed by atoms with Crippen LogP contribution < -0.4 is 10.2 Å². The van der Waals surface area contributed by atoms with E-state index in [2.05, 4.69) is 20.4 Å². The summed E-state index contributed by atoms with van der Waals surface area (Å²) < 4.78 is 7.54. The number of hydrogen-bond acceptors (Lipinski definition) is 6. The summed E-state index contributed by atoms with van der Waals surface area (Å²) in [4.78, 5) is 13.8. The van der Waals surface area contributed by atoms with Crippen molar-refractivity contribution < 1.29 is 14.6 Å². The van der Waals surface area contributed by atoms with Gasteiger partial charge in [-0.15, -0.1) is 10.2 Å². The molecule has 2 N–H and O–H groups in total. The van der Waals surface area contributed by atoms with Crippen LogP contribution in [0, 0.1) is 5.92 Å². The summed E-state index contributed by atoms with van der Waals surface area (Å²) in [6, 6.07) is 0. The van der Waals surface area contributed by atoms with Crippen molar-refractivity contribution in [2.75, 3.05) is 18.0 Å². The minimum Gasteiger partial charge on any atom is -0.440 e. The van der Waals surface area contributed by atoms with E-state index >= 15 is 0 Å². The number of rotatable bonds is 3. The Morgan fingerprint density at radius 3 is 2.50 bits per heavy atom. The molecule has 2 saturated heterocycles. The van der Waals surface area contributed by atoms with Gasteiger partial charge in [0.15, 0.2) is 5.82 Å². The molecule has 3 heterocycles. The minimum atomic E-state index is -0.522. The number of anilines is 1. The Kier molecular flexibility index (Phi) is 3.32. The summed E-state index contributed by atoms with van der Waals surface area (Å²) in [6.07, 6.45) is 2.75. The Balaban J connectivity index is 1.49. The first-order valence-corrected chi connectivity index (χ1v) is 8.66. The molecule has 4 rings (SSSR count). The number of alkyl carbamates (subject to hydrolysis) is 1. The number of aliphatic hydroxyl groups excluding tert-OH is 1. The fourth-order valence-corrected chi connectivity index (χ4v) is 3.98. The van der Waals surface area contributed by atoms with Gasteiger partial charge < -0.3 is 20.1 Å². The topological polar surface area (TPSA) is 92.5 Å². The Morgan fingerprint density at radius 2 is 1.96 bits per heavy atom. The van der Waals surface area contributed by atoms with Gasteiger partial charge in [-0.2, -0.15) is 0 Å². The number of carbonyl (C=O) groups is 1. The van der Waals surface area contributed by atoms with Crippen LogP contribution in [0.15, 0.2) is 0 Å². The standard InChI is InChI=1S/C16H25N5O3/c1-15(2)16(24-14(23)17-15)6-8-21(9-7-16)13-19-18-12(20(13)3)11(22)10-4-5-10/h10-11,22H,4-9H2,1-3H3,(H,17,23). The first-order chi connectivity index (χ1) is 11.3. The van der Waals surface area contributed by atoms with Crippen molar-refractivity contribution in [3.8, 4) is 0 Å². The van der Waals surface area contributed by atoms with Crippen molar-refractivity contribution in [3.05, 3.63) is 5.82 Å². The van der Waals surface area contributed by atoms with E-state index in [9.17, 15) is 9.90 Å². The molecule has 132 valence electrons. The Bertz CT molecular complexity index is 659. The van der Waals surface area contributed by atoms with E-state index in [4.69, 9.17) is 4.74 Å². The molecule has 3 fully saturated rings. The van der Waals surface area contributed by atoms with E-state index in [1.807, 2.05) is 25.5 Å². The van der Waals surface area contributed by atoms with Crippen LogP contribution in [0.1, 0.15) is 51.5 Å². The van der Waals surface area contributed by atoms with Crippen LogP contribution in [-0.4, -0.2) is 50.2 Å². The van der Waals surface area contributed by atoms with Crippen molar-refractivity contribution in [2.24, 2.45) is 13.0 Å². The maximum absolute atomic E-state index is 11.7. The monoisotopic (exact) mass is 335 g/mol. The predicted molar refractivity (Wildman–Crippen MR) is 86.6 cm³/mol. The molecular formula is C16H25N5O3. The van der Waals surface area contributed by atoms with Crippen LogP contribution in [0.2, 0.25) is 0 Å². The molecule has 1 aromatic heterocycles. The molecule has 8 heteroatoms. The summed E-state index contributed by atoms with van der Waals surface area (Å²) in [5.41, 5.74) is -0.834. The highest BCUT2D eigenvalue weighted by atomic mass is 16.6. The van der Waals surface area contributed by atoms with E-state index in [0.717, 1.165) is 44.7 Å². The van der Waals surface area contributed by atoms with Crippen molar-refractivity contribution in [3.63, 3.8) is 0 Å². The molecule has 1 saturated carbocycles.